The smallest absolute Gasteiger partial charge is 0.117 e. The molecule has 2 N–H and O–H groups in total. The summed E-state index contributed by atoms with van der Waals surface area (Å²) in [4.78, 5) is 2.56. The summed E-state index contributed by atoms with van der Waals surface area (Å²) in [5.41, 5.74) is 3.75. The molecule has 4 rings (SSSR count). The Bertz CT molecular complexity index is 993. The predicted octanol–water partition coefficient (Wildman–Crippen LogP) is 6.45. The first-order chi connectivity index (χ1) is 16.8. The van der Waals surface area contributed by atoms with Gasteiger partial charge < -0.3 is 10.2 Å². The van der Waals surface area contributed by atoms with E-state index in [4.69, 9.17) is 0 Å². The zero-order chi connectivity index (χ0) is 24.9. The molecule has 1 unspecified atom stereocenters. The van der Waals surface area contributed by atoms with Crippen molar-refractivity contribution < 1.29 is 10.2 Å². The Kier molecular flexibility index (Phi) is 8.11. The van der Waals surface area contributed by atoms with E-state index in [-0.39, 0.29) is 17.9 Å². The Morgan fingerprint density at radius 2 is 1.29 bits per heavy atom. The molecule has 1 saturated heterocycles. The predicted molar refractivity (Wildman–Crippen MR) is 144 cm³/mol. The quantitative estimate of drug-likeness (QED) is 0.397. The first-order valence-electron chi connectivity index (χ1n) is 13.1. The number of benzene rings is 3. The summed E-state index contributed by atoms with van der Waals surface area (Å²) in [6.07, 6.45) is 3.59. The van der Waals surface area contributed by atoms with Gasteiger partial charge >= 0.3 is 0 Å². The lowest BCUT2D eigenvalue weighted by molar-refractivity contribution is -0.0216. The second-order valence-corrected chi connectivity index (χ2v) is 11.1. The SMILES string of the molecule is CC(C)(C)c1ccc(C(CCCO)N2CCC(C(O)(c3ccccc3)c3ccccc3)CC2)cc1. The number of likely N-dealkylation sites (tertiary alicyclic amines) is 1. The van der Waals surface area contributed by atoms with Crippen LogP contribution in [0.25, 0.3) is 0 Å². The van der Waals surface area contributed by atoms with Crippen LogP contribution >= 0.6 is 0 Å². The molecule has 0 bridgehead atoms. The fourth-order valence-electron chi connectivity index (χ4n) is 5.70. The number of rotatable bonds is 8. The molecule has 186 valence electrons. The Morgan fingerprint density at radius 1 is 0.771 bits per heavy atom. The molecular formula is C32H41NO2. The summed E-state index contributed by atoms with van der Waals surface area (Å²) in [6, 6.07) is 29.7. The topological polar surface area (TPSA) is 43.7 Å². The third kappa shape index (κ3) is 5.69. The van der Waals surface area contributed by atoms with E-state index in [0.29, 0.717) is 6.04 Å². The lowest BCUT2D eigenvalue weighted by Gasteiger charge is -2.44. The van der Waals surface area contributed by atoms with Crippen molar-refractivity contribution >= 4 is 0 Å². The fourth-order valence-corrected chi connectivity index (χ4v) is 5.70. The van der Waals surface area contributed by atoms with Gasteiger partial charge in [0.05, 0.1) is 0 Å². The van der Waals surface area contributed by atoms with Crippen LogP contribution in [0.15, 0.2) is 84.9 Å². The molecule has 1 fully saturated rings. The van der Waals surface area contributed by atoms with Crippen molar-refractivity contribution in [2.24, 2.45) is 5.92 Å². The number of aliphatic hydroxyl groups is 2. The highest BCUT2D eigenvalue weighted by molar-refractivity contribution is 5.37. The maximum absolute atomic E-state index is 12.2. The molecule has 3 heteroatoms. The number of aliphatic hydroxyl groups excluding tert-OH is 1. The summed E-state index contributed by atoms with van der Waals surface area (Å²) >= 11 is 0. The monoisotopic (exact) mass is 471 g/mol. The van der Waals surface area contributed by atoms with Crippen LogP contribution in [0, 0.1) is 5.92 Å². The minimum atomic E-state index is -0.996. The van der Waals surface area contributed by atoms with Gasteiger partial charge in [0.2, 0.25) is 0 Å². The minimum absolute atomic E-state index is 0.136. The van der Waals surface area contributed by atoms with Crippen molar-refractivity contribution in [3.05, 3.63) is 107 Å². The average Bonchev–Trinajstić information content (AvgIpc) is 2.89. The zero-order valence-corrected chi connectivity index (χ0v) is 21.5. The summed E-state index contributed by atoms with van der Waals surface area (Å²) < 4.78 is 0. The number of hydrogen-bond donors (Lipinski definition) is 2. The summed E-state index contributed by atoms with van der Waals surface area (Å²) in [6.45, 7) is 8.83. The van der Waals surface area contributed by atoms with E-state index in [0.717, 1.165) is 49.9 Å². The molecule has 1 heterocycles. The van der Waals surface area contributed by atoms with Gasteiger partial charge in [0.15, 0.2) is 0 Å². The maximum atomic E-state index is 12.2. The van der Waals surface area contributed by atoms with Crippen molar-refractivity contribution in [3.63, 3.8) is 0 Å². The zero-order valence-electron chi connectivity index (χ0n) is 21.5. The molecule has 3 aromatic carbocycles. The first-order valence-corrected chi connectivity index (χ1v) is 13.1. The van der Waals surface area contributed by atoms with Gasteiger partial charge in [0.1, 0.15) is 5.60 Å². The summed E-state index contributed by atoms with van der Waals surface area (Å²) in [7, 11) is 0. The van der Waals surface area contributed by atoms with Crippen LogP contribution in [-0.2, 0) is 11.0 Å². The van der Waals surface area contributed by atoms with Crippen LogP contribution in [0.1, 0.15) is 74.8 Å². The van der Waals surface area contributed by atoms with Crippen molar-refractivity contribution in [3.8, 4) is 0 Å². The van der Waals surface area contributed by atoms with E-state index < -0.39 is 5.60 Å². The molecule has 0 spiro atoms. The molecule has 1 aliphatic heterocycles. The van der Waals surface area contributed by atoms with Crippen LogP contribution in [-0.4, -0.2) is 34.8 Å². The van der Waals surface area contributed by atoms with E-state index in [2.05, 4.69) is 74.2 Å². The largest absolute Gasteiger partial charge is 0.396 e. The van der Waals surface area contributed by atoms with Crippen LogP contribution in [0.3, 0.4) is 0 Å². The number of nitrogens with zero attached hydrogens (tertiary/aromatic N) is 1. The second-order valence-electron chi connectivity index (χ2n) is 11.1. The van der Waals surface area contributed by atoms with Crippen molar-refractivity contribution in [1.29, 1.82) is 0 Å². The lowest BCUT2D eigenvalue weighted by Crippen LogP contribution is -2.45. The van der Waals surface area contributed by atoms with Crippen LogP contribution < -0.4 is 0 Å². The fraction of sp³-hybridized carbons (Fsp3) is 0.438. The summed E-state index contributed by atoms with van der Waals surface area (Å²) in [5, 5.41) is 21.8. The van der Waals surface area contributed by atoms with E-state index in [1.54, 1.807) is 0 Å². The van der Waals surface area contributed by atoms with Gasteiger partial charge in [-0.1, -0.05) is 106 Å². The van der Waals surface area contributed by atoms with Crippen molar-refractivity contribution in [1.82, 2.24) is 4.90 Å². The molecule has 0 aliphatic carbocycles. The molecule has 0 radical (unpaired) electrons. The van der Waals surface area contributed by atoms with Gasteiger partial charge in [-0.15, -0.1) is 0 Å². The third-order valence-electron chi connectivity index (χ3n) is 7.79. The highest BCUT2D eigenvalue weighted by atomic mass is 16.3. The highest BCUT2D eigenvalue weighted by Gasteiger charge is 2.42. The first kappa shape index (κ1) is 25.6. The van der Waals surface area contributed by atoms with Gasteiger partial charge in [0.25, 0.3) is 0 Å². The number of piperidine rings is 1. The molecule has 1 aliphatic rings. The average molecular weight is 472 g/mol. The molecule has 0 aromatic heterocycles. The molecule has 1 atom stereocenters. The van der Waals surface area contributed by atoms with Crippen molar-refractivity contribution in [2.45, 2.75) is 63.5 Å². The van der Waals surface area contributed by atoms with E-state index in [9.17, 15) is 10.2 Å². The van der Waals surface area contributed by atoms with Crippen LogP contribution in [0.2, 0.25) is 0 Å². The molecule has 0 amide bonds. The highest BCUT2D eigenvalue weighted by Crippen LogP contribution is 2.43. The Hall–Kier alpha value is -2.46. The van der Waals surface area contributed by atoms with Gasteiger partial charge in [-0.05, 0) is 72.4 Å². The van der Waals surface area contributed by atoms with Crippen LogP contribution in [0.4, 0.5) is 0 Å². The van der Waals surface area contributed by atoms with Gasteiger partial charge in [-0.3, -0.25) is 4.90 Å². The minimum Gasteiger partial charge on any atom is -0.396 e. The van der Waals surface area contributed by atoms with E-state index >= 15 is 0 Å². The van der Waals surface area contributed by atoms with E-state index in [1.165, 1.54) is 11.1 Å². The molecule has 0 saturated carbocycles. The molecule has 3 aromatic rings. The Morgan fingerprint density at radius 3 is 1.74 bits per heavy atom. The Balaban J connectivity index is 1.56. The van der Waals surface area contributed by atoms with Gasteiger partial charge in [-0.2, -0.15) is 0 Å². The summed E-state index contributed by atoms with van der Waals surface area (Å²) in [5.74, 6) is 0.144. The maximum Gasteiger partial charge on any atom is 0.117 e. The molecule has 35 heavy (non-hydrogen) atoms. The standard InChI is InChI=1S/C32H41NO2/c1-31(2,3)26-18-16-25(17-19-26)30(15-10-24-34)33-22-20-29(21-23-33)32(35,27-11-6-4-7-12-27)28-13-8-5-9-14-28/h4-9,11-14,16-19,29-30,34-35H,10,15,20-24H2,1-3H3. The van der Waals surface area contributed by atoms with E-state index in [1.807, 2.05) is 36.4 Å². The van der Waals surface area contributed by atoms with Crippen molar-refractivity contribution in [2.75, 3.05) is 19.7 Å². The van der Waals surface area contributed by atoms with Gasteiger partial charge in [-0.25, -0.2) is 0 Å². The lowest BCUT2D eigenvalue weighted by atomic mass is 9.72. The molecule has 3 nitrogen and oxygen atoms in total. The molecular weight excluding hydrogens is 430 g/mol. The Labute approximate surface area is 211 Å². The third-order valence-corrected chi connectivity index (χ3v) is 7.79. The van der Waals surface area contributed by atoms with Crippen LogP contribution in [0.5, 0.6) is 0 Å². The normalized spacial score (nSPS) is 16.8. The second kappa shape index (κ2) is 11.1. The number of hydrogen-bond acceptors (Lipinski definition) is 3. The van der Waals surface area contributed by atoms with Gasteiger partial charge in [0, 0.05) is 12.6 Å².